The summed E-state index contributed by atoms with van der Waals surface area (Å²) in [6.45, 7) is 0.390. The number of aromatic hydroxyl groups is 1. The van der Waals surface area contributed by atoms with Gasteiger partial charge in [0.1, 0.15) is 17.4 Å². The number of halogens is 1. The molecule has 1 aliphatic heterocycles. The van der Waals surface area contributed by atoms with Crippen molar-refractivity contribution < 1.29 is 24.2 Å². The Bertz CT molecular complexity index is 1750. The number of nitrogens with one attached hydrogen (secondary N) is 2. The van der Waals surface area contributed by atoms with Gasteiger partial charge in [-0.05, 0) is 61.0 Å². The Morgan fingerprint density at radius 1 is 1.00 bits per heavy atom. The van der Waals surface area contributed by atoms with Crippen molar-refractivity contribution in [2.24, 2.45) is 0 Å². The van der Waals surface area contributed by atoms with E-state index in [1.54, 1.807) is 60.7 Å². The maximum atomic E-state index is 13.7. The summed E-state index contributed by atoms with van der Waals surface area (Å²) in [4.78, 5) is 34.9. The Kier molecular flexibility index (Phi) is 6.28. The van der Waals surface area contributed by atoms with Crippen molar-refractivity contribution in [1.29, 1.82) is 0 Å². The molecule has 0 spiro atoms. The zero-order chi connectivity index (χ0) is 27.9. The molecule has 4 aromatic carbocycles. The summed E-state index contributed by atoms with van der Waals surface area (Å²) in [7, 11) is 0. The number of rotatable bonds is 7. The number of nitrogens with zero attached hydrogens (tertiary/aromatic N) is 2. The molecular weight excluding hydrogens is 511 g/mol. The maximum absolute atomic E-state index is 13.7. The minimum Gasteiger partial charge on any atom is -0.507 e. The van der Waals surface area contributed by atoms with Crippen LogP contribution in [0.3, 0.4) is 0 Å². The van der Waals surface area contributed by atoms with E-state index in [9.17, 15) is 24.2 Å². The molecule has 1 aliphatic rings. The van der Waals surface area contributed by atoms with Crippen molar-refractivity contribution in [3.63, 3.8) is 0 Å². The number of aromatic nitrogens is 2. The van der Waals surface area contributed by atoms with Crippen LogP contribution >= 0.6 is 0 Å². The fourth-order valence-electron chi connectivity index (χ4n) is 5.16. The van der Waals surface area contributed by atoms with Gasteiger partial charge in [0, 0.05) is 35.3 Å². The minimum absolute atomic E-state index is 0.0701. The monoisotopic (exact) mass is 536 g/mol. The highest BCUT2D eigenvalue weighted by atomic mass is 19.1. The first-order chi connectivity index (χ1) is 19.4. The molecule has 5 aromatic rings. The summed E-state index contributed by atoms with van der Waals surface area (Å²) in [5.41, 5.74) is 1.38. The van der Waals surface area contributed by atoms with Gasteiger partial charge in [0.25, 0.3) is 11.8 Å². The average molecular weight is 537 g/mol. The van der Waals surface area contributed by atoms with Crippen molar-refractivity contribution in [3.8, 4) is 5.75 Å². The van der Waals surface area contributed by atoms with Crippen LogP contribution in [0.15, 0.2) is 91.0 Å². The van der Waals surface area contributed by atoms with Crippen LogP contribution in [0.1, 0.15) is 44.1 Å². The number of imidazole rings is 1. The molecule has 2 heterocycles. The lowest BCUT2D eigenvalue weighted by molar-refractivity contribution is 0.0703. The number of hydrogen-bond acceptors (Lipinski definition) is 5. The largest absolute Gasteiger partial charge is 0.507 e. The van der Waals surface area contributed by atoms with Gasteiger partial charge in [0.15, 0.2) is 5.72 Å². The van der Waals surface area contributed by atoms with Crippen LogP contribution in [0.4, 0.5) is 10.1 Å². The highest BCUT2D eigenvalue weighted by Crippen LogP contribution is 2.45. The van der Waals surface area contributed by atoms with Crippen molar-refractivity contribution in [1.82, 2.24) is 15.3 Å². The van der Waals surface area contributed by atoms with E-state index in [2.05, 4.69) is 15.3 Å². The number of hydrogen-bond donors (Lipinski definition) is 4. The molecule has 1 aromatic heterocycles. The number of aromatic amines is 1. The van der Waals surface area contributed by atoms with Gasteiger partial charge in [-0.2, -0.15) is 0 Å². The molecular formula is C31H25FN4O4. The van der Waals surface area contributed by atoms with E-state index in [1.807, 2.05) is 0 Å². The molecule has 6 rings (SSSR count). The number of para-hydroxylation sites is 1. The van der Waals surface area contributed by atoms with Crippen LogP contribution in [0.5, 0.6) is 5.75 Å². The van der Waals surface area contributed by atoms with Gasteiger partial charge >= 0.3 is 0 Å². The summed E-state index contributed by atoms with van der Waals surface area (Å²) < 4.78 is 13.7. The number of anilines is 1. The fraction of sp³-hybridized carbons (Fsp3) is 0.129. The zero-order valence-corrected chi connectivity index (χ0v) is 21.3. The average Bonchev–Trinajstić information content (AvgIpc) is 3.48. The Labute approximate surface area is 228 Å². The van der Waals surface area contributed by atoms with Gasteiger partial charge in [-0.3, -0.25) is 14.5 Å². The van der Waals surface area contributed by atoms with Gasteiger partial charge in [0.05, 0.1) is 16.6 Å². The van der Waals surface area contributed by atoms with E-state index in [4.69, 9.17) is 0 Å². The van der Waals surface area contributed by atoms with Gasteiger partial charge in [-0.15, -0.1) is 0 Å². The minimum atomic E-state index is -1.82. The fourth-order valence-corrected chi connectivity index (χ4v) is 5.16. The Morgan fingerprint density at radius 3 is 2.55 bits per heavy atom. The van der Waals surface area contributed by atoms with Crippen molar-refractivity contribution in [2.75, 3.05) is 11.4 Å². The van der Waals surface area contributed by atoms with Crippen LogP contribution in [0.2, 0.25) is 0 Å². The number of benzene rings is 4. The smallest absolute Gasteiger partial charge is 0.261 e. The number of aliphatic hydroxyl groups is 1. The summed E-state index contributed by atoms with van der Waals surface area (Å²) in [6.07, 6.45) is 1.16. The predicted octanol–water partition coefficient (Wildman–Crippen LogP) is 4.62. The molecule has 200 valence electrons. The summed E-state index contributed by atoms with van der Waals surface area (Å²) in [5.74, 6) is -0.548. The van der Waals surface area contributed by atoms with Crippen LogP contribution in [0.25, 0.3) is 11.0 Å². The Hall–Kier alpha value is -5.02. The van der Waals surface area contributed by atoms with E-state index < -0.39 is 11.5 Å². The van der Waals surface area contributed by atoms with Crippen LogP contribution < -0.4 is 10.2 Å². The molecule has 1 atom stereocenters. The first-order valence-corrected chi connectivity index (χ1v) is 12.8. The van der Waals surface area contributed by atoms with Crippen LogP contribution in [0, 0.1) is 5.82 Å². The second-order valence-corrected chi connectivity index (χ2v) is 9.63. The van der Waals surface area contributed by atoms with Crippen LogP contribution in [-0.4, -0.2) is 38.5 Å². The molecule has 0 fully saturated rings. The van der Waals surface area contributed by atoms with E-state index in [-0.39, 0.29) is 23.1 Å². The first kappa shape index (κ1) is 25.3. The van der Waals surface area contributed by atoms with Gasteiger partial charge in [0.2, 0.25) is 0 Å². The molecule has 0 bridgehead atoms. The zero-order valence-electron chi connectivity index (χ0n) is 21.3. The SMILES string of the molecule is O=C(NCCCc1nc2ccc(C3(O)c4ccccc4C(=O)N3c3ccc(F)cc3)cc2[nH]1)c1ccccc1O. The lowest BCUT2D eigenvalue weighted by Gasteiger charge is -2.34. The quantitative estimate of drug-likeness (QED) is 0.226. The third kappa shape index (κ3) is 4.26. The standard InChI is InChI=1S/C31H25FN4O4/c32-20-12-14-21(15-13-20)36-30(39)22-6-1-3-8-24(22)31(36,40)19-11-16-25-26(18-19)35-28(34-25)10-5-17-33-29(38)23-7-2-4-9-27(23)37/h1-4,6-9,11-16,18,37,40H,5,10,17H2,(H,33,38)(H,34,35). The lowest BCUT2D eigenvalue weighted by Crippen LogP contribution is -2.45. The van der Waals surface area contributed by atoms with Crippen molar-refractivity contribution >= 4 is 28.5 Å². The summed E-state index contributed by atoms with van der Waals surface area (Å²) in [5, 5.41) is 24.8. The number of H-pyrrole nitrogens is 1. The van der Waals surface area contributed by atoms with E-state index in [0.29, 0.717) is 58.6 Å². The van der Waals surface area contributed by atoms with Gasteiger partial charge in [-0.1, -0.05) is 36.4 Å². The third-order valence-corrected chi connectivity index (χ3v) is 7.10. The number of carbonyl (C=O) groups is 2. The second-order valence-electron chi connectivity index (χ2n) is 9.63. The van der Waals surface area contributed by atoms with Crippen LogP contribution in [-0.2, 0) is 12.1 Å². The summed E-state index contributed by atoms with van der Waals surface area (Å²) in [6, 6.07) is 23.9. The third-order valence-electron chi connectivity index (χ3n) is 7.10. The highest BCUT2D eigenvalue weighted by Gasteiger charge is 2.50. The normalized spacial score (nSPS) is 16.4. The Balaban J connectivity index is 1.25. The molecule has 0 saturated carbocycles. The van der Waals surface area contributed by atoms with E-state index >= 15 is 0 Å². The lowest BCUT2D eigenvalue weighted by atomic mass is 9.93. The maximum Gasteiger partial charge on any atom is 0.261 e. The van der Waals surface area contributed by atoms with Crippen molar-refractivity contribution in [3.05, 3.63) is 125 Å². The Morgan fingerprint density at radius 2 is 1.75 bits per heavy atom. The number of aryl methyl sites for hydroxylation is 1. The number of amides is 2. The molecule has 2 amide bonds. The number of fused-ring (bicyclic) bond motifs is 2. The molecule has 4 N–H and O–H groups in total. The summed E-state index contributed by atoms with van der Waals surface area (Å²) >= 11 is 0. The van der Waals surface area contributed by atoms with Gasteiger partial charge in [-0.25, -0.2) is 9.37 Å². The predicted molar refractivity (Wildman–Crippen MR) is 148 cm³/mol. The van der Waals surface area contributed by atoms with Gasteiger partial charge < -0.3 is 20.5 Å². The molecule has 9 heteroatoms. The van der Waals surface area contributed by atoms with E-state index in [0.717, 1.165) is 0 Å². The molecule has 0 saturated heterocycles. The molecule has 0 aliphatic carbocycles. The molecule has 1 unspecified atom stereocenters. The number of carbonyl (C=O) groups excluding carboxylic acids is 2. The molecule has 40 heavy (non-hydrogen) atoms. The second kappa shape index (κ2) is 9.94. The number of phenols is 1. The molecule has 0 radical (unpaired) electrons. The van der Waals surface area contributed by atoms with E-state index in [1.165, 1.54) is 35.2 Å². The topological polar surface area (TPSA) is 119 Å². The number of phenolic OH excluding ortho intramolecular Hbond substituents is 1. The first-order valence-electron chi connectivity index (χ1n) is 12.8. The molecule has 8 nitrogen and oxygen atoms in total. The highest BCUT2D eigenvalue weighted by molar-refractivity contribution is 6.12. The van der Waals surface area contributed by atoms with Crippen molar-refractivity contribution in [2.45, 2.75) is 18.6 Å².